The van der Waals surface area contributed by atoms with Gasteiger partial charge in [0.2, 0.25) is 0 Å². The van der Waals surface area contributed by atoms with Crippen molar-refractivity contribution < 1.29 is 23.2 Å². The van der Waals surface area contributed by atoms with Crippen molar-refractivity contribution in [3.8, 4) is 11.1 Å². The number of carbonyl (C=O) groups excluding carboxylic acids is 1. The first-order valence-corrected chi connectivity index (χ1v) is 11.9. The number of nitrogens with zero attached hydrogens (tertiary/aromatic N) is 3. The van der Waals surface area contributed by atoms with Gasteiger partial charge in [0.15, 0.2) is 21.0 Å². The smallest absolute Gasteiger partial charge is 0.313 e. The molecule has 0 spiro atoms. The van der Waals surface area contributed by atoms with Crippen LogP contribution in [-0.4, -0.2) is 42.4 Å². The molecule has 4 heterocycles. The van der Waals surface area contributed by atoms with Crippen LogP contribution in [0.15, 0.2) is 59.9 Å². The average molecular weight is 452 g/mol. The molecule has 164 valence electrons. The van der Waals surface area contributed by atoms with Gasteiger partial charge in [-0.1, -0.05) is 6.07 Å². The van der Waals surface area contributed by atoms with E-state index in [9.17, 15) is 18.4 Å². The summed E-state index contributed by atoms with van der Waals surface area (Å²) in [6.45, 7) is 0.322. The Labute approximate surface area is 184 Å². The molecule has 0 aliphatic carbocycles. The fraction of sp³-hybridized carbons (Fsp3) is 0.227. The number of rotatable bonds is 4. The summed E-state index contributed by atoms with van der Waals surface area (Å²) in [4.78, 5) is 20.8. The molecule has 2 aliphatic heterocycles. The number of anilines is 2. The Morgan fingerprint density at radius 3 is 2.66 bits per heavy atom. The molecule has 1 fully saturated rings. The number of carbonyl (C=O) groups is 1. The zero-order valence-corrected chi connectivity index (χ0v) is 17.9. The molecule has 2 aliphatic rings. The Balaban J connectivity index is 1.62. The van der Waals surface area contributed by atoms with E-state index in [1.165, 1.54) is 12.3 Å². The standard InChI is InChI=1S/C22H20N4O5S/c1-32(29,30)20-6-5-13(12-24-20)15-10-18-19(11-16(15)14-7-9-31-22(14)27)26(28)21(25-18)17-4-2-3-8-23-17/h2-6,8,10-12,14,21,25,28H,7,9H2,1H3. The lowest BCUT2D eigenvalue weighted by atomic mass is 9.89. The van der Waals surface area contributed by atoms with Crippen molar-refractivity contribution in [2.45, 2.75) is 23.5 Å². The summed E-state index contributed by atoms with van der Waals surface area (Å²) in [6, 6.07) is 12.1. The first kappa shape index (κ1) is 20.4. The molecule has 1 saturated heterocycles. The lowest BCUT2D eigenvalue weighted by molar-refractivity contribution is -0.139. The number of esters is 1. The number of nitrogens with one attached hydrogen (secondary N) is 1. The molecule has 0 amide bonds. The molecule has 9 nitrogen and oxygen atoms in total. The number of fused-ring (bicyclic) bond motifs is 1. The summed E-state index contributed by atoms with van der Waals surface area (Å²) in [5.41, 5.74) is 3.85. The predicted octanol–water partition coefficient (Wildman–Crippen LogP) is 2.90. The fourth-order valence-corrected chi connectivity index (χ4v) is 4.63. The van der Waals surface area contributed by atoms with Gasteiger partial charge in [-0.15, -0.1) is 0 Å². The number of hydrogen-bond acceptors (Lipinski definition) is 9. The van der Waals surface area contributed by atoms with Crippen molar-refractivity contribution in [1.82, 2.24) is 9.97 Å². The van der Waals surface area contributed by atoms with Crippen LogP contribution < -0.4 is 10.4 Å². The van der Waals surface area contributed by atoms with Gasteiger partial charge in [-0.05, 0) is 53.9 Å². The molecule has 2 atom stereocenters. The summed E-state index contributed by atoms with van der Waals surface area (Å²) in [5, 5.41) is 15.2. The SMILES string of the molecule is CS(=O)(=O)c1ccc(-c2cc3c(cc2C2CCOC2=O)N(O)C(c2ccccn2)N3)cn1. The van der Waals surface area contributed by atoms with E-state index >= 15 is 0 Å². The molecule has 10 heteroatoms. The molecule has 3 aromatic rings. The minimum Gasteiger partial charge on any atom is -0.465 e. The van der Waals surface area contributed by atoms with E-state index in [4.69, 9.17) is 4.74 Å². The zero-order chi connectivity index (χ0) is 22.5. The molecule has 0 bridgehead atoms. The second-order valence-corrected chi connectivity index (χ2v) is 9.73. The van der Waals surface area contributed by atoms with Crippen LogP contribution in [0.1, 0.15) is 29.8 Å². The molecule has 2 aromatic heterocycles. The van der Waals surface area contributed by atoms with Gasteiger partial charge in [0.1, 0.15) is 0 Å². The van der Waals surface area contributed by atoms with Crippen LogP contribution in [0.4, 0.5) is 11.4 Å². The maximum absolute atomic E-state index is 12.4. The molecule has 0 radical (unpaired) electrons. The Hall–Kier alpha value is -3.50. The van der Waals surface area contributed by atoms with Crippen LogP contribution in [0, 0.1) is 0 Å². The highest BCUT2D eigenvalue weighted by atomic mass is 32.2. The van der Waals surface area contributed by atoms with Crippen LogP contribution in [0.2, 0.25) is 0 Å². The van der Waals surface area contributed by atoms with E-state index in [0.717, 1.165) is 11.3 Å². The van der Waals surface area contributed by atoms with E-state index in [0.29, 0.717) is 46.8 Å². The quantitative estimate of drug-likeness (QED) is 0.575. The number of aromatic nitrogens is 2. The number of cyclic esters (lactones) is 1. The molecule has 0 saturated carbocycles. The third-order valence-electron chi connectivity index (χ3n) is 5.66. The Morgan fingerprint density at radius 2 is 2.03 bits per heavy atom. The van der Waals surface area contributed by atoms with Gasteiger partial charge in [0.25, 0.3) is 0 Å². The first-order chi connectivity index (χ1) is 15.3. The number of ether oxygens (including phenoxy) is 1. The van der Waals surface area contributed by atoms with E-state index in [1.807, 2.05) is 12.1 Å². The van der Waals surface area contributed by atoms with E-state index in [-0.39, 0.29) is 11.0 Å². The largest absolute Gasteiger partial charge is 0.465 e. The Morgan fingerprint density at radius 1 is 1.19 bits per heavy atom. The summed E-state index contributed by atoms with van der Waals surface area (Å²) in [6.07, 6.45) is 4.15. The van der Waals surface area contributed by atoms with Crippen molar-refractivity contribution in [3.05, 3.63) is 66.1 Å². The minimum absolute atomic E-state index is 0.0286. The lowest BCUT2D eigenvalue weighted by Crippen LogP contribution is -2.25. The van der Waals surface area contributed by atoms with E-state index in [2.05, 4.69) is 15.3 Å². The maximum Gasteiger partial charge on any atom is 0.313 e. The molecule has 2 N–H and O–H groups in total. The van der Waals surface area contributed by atoms with E-state index < -0.39 is 21.9 Å². The molecule has 1 aromatic carbocycles. The first-order valence-electron chi connectivity index (χ1n) is 9.99. The number of sulfone groups is 1. The number of hydroxylamine groups is 1. The van der Waals surface area contributed by atoms with Crippen molar-refractivity contribution in [2.75, 3.05) is 23.2 Å². The van der Waals surface area contributed by atoms with Gasteiger partial charge in [-0.3, -0.25) is 15.0 Å². The van der Waals surface area contributed by atoms with E-state index in [1.54, 1.807) is 30.5 Å². The molecule has 2 unspecified atom stereocenters. The van der Waals surface area contributed by atoms with Crippen molar-refractivity contribution in [3.63, 3.8) is 0 Å². The molecule has 5 rings (SSSR count). The molecular formula is C22H20N4O5S. The Bertz CT molecular complexity index is 1300. The topological polar surface area (TPSA) is 122 Å². The van der Waals surface area contributed by atoms with Crippen LogP contribution in [0.3, 0.4) is 0 Å². The van der Waals surface area contributed by atoms with Crippen molar-refractivity contribution >= 4 is 27.2 Å². The summed E-state index contributed by atoms with van der Waals surface area (Å²) >= 11 is 0. The van der Waals surface area contributed by atoms with Gasteiger partial charge in [-0.25, -0.2) is 18.5 Å². The minimum atomic E-state index is -3.44. The highest BCUT2D eigenvalue weighted by molar-refractivity contribution is 7.90. The number of hydrogen-bond donors (Lipinski definition) is 2. The molecular weight excluding hydrogens is 432 g/mol. The predicted molar refractivity (Wildman–Crippen MR) is 116 cm³/mol. The second-order valence-electron chi connectivity index (χ2n) is 7.77. The average Bonchev–Trinajstić information content (AvgIpc) is 3.36. The third-order valence-corrected chi connectivity index (χ3v) is 6.66. The highest BCUT2D eigenvalue weighted by Gasteiger charge is 2.36. The zero-order valence-electron chi connectivity index (χ0n) is 17.1. The third kappa shape index (κ3) is 3.47. The van der Waals surface area contributed by atoms with Crippen LogP contribution >= 0.6 is 0 Å². The summed E-state index contributed by atoms with van der Waals surface area (Å²) in [5.74, 6) is -0.823. The number of benzene rings is 1. The second kappa shape index (κ2) is 7.57. The van der Waals surface area contributed by atoms with Gasteiger partial charge in [0.05, 0.1) is 29.6 Å². The Kier molecular flexibility index (Phi) is 4.83. The number of pyridine rings is 2. The van der Waals surface area contributed by atoms with Gasteiger partial charge in [-0.2, -0.15) is 0 Å². The van der Waals surface area contributed by atoms with Gasteiger partial charge < -0.3 is 10.1 Å². The normalized spacial score (nSPS) is 20.1. The van der Waals surface area contributed by atoms with Crippen molar-refractivity contribution in [1.29, 1.82) is 0 Å². The maximum atomic E-state index is 12.4. The van der Waals surface area contributed by atoms with Crippen LogP contribution in [0.25, 0.3) is 11.1 Å². The summed E-state index contributed by atoms with van der Waals surface area (Å²) in [7, 11) is -3.44. The van der Waals surface area contributed by atoms with Crippen LogP contribution in [0.5, 0.6) is 0 Å². The lowest BCUT2D eigenvalue weighted by Gasteiger charge is -2.20. The summed E-state index contributed by atoms with van der Waals surface area (Å²) < 4.78 is 28.7. The fourth-order valence-electron chi connectivity index (χ4n) is 4.07. The monoisotopic (exact) mass is 452 g/mol. The highest BCUT2D eigenvalue weighted by Crippen LogP contribution is 2.46. The van der Waals surface area contributed by atoms with Gasteiger partial charge in [0, 0.05) is 24.2 Å². The van der Waals surface area contributed by atoms with Crippen molar-refractivity contribution in [2.24, 2.45) is 0 Å². The molecule has 32 heavy (non-hydrogen) atoms. The van der Waals surface area contributed by atoms with Crippen LogP contribution in [-0.2, 0) is 19.4 Å². The van der Waals surface area contributed by atoms with Gasteiger partial charge >= 0.3 is 5.97 Å².